The van der Waals surface area contributed by atoms with Crippen molar-refractivity contribution in [1.82, 2.24) is 5.32 Å². The van der Waals surface area contributed by atoms with Gasteiger partial charge in [-0.15, -0.1) is 0 Å². The van der Waals surface area contributed by atoms with Crippen LogP contribution < -0.4 is 5.32 Å². The summed E-state index contributed by atoms with van der Waals surface area (Å²) in [5, 5.41) is 3.49. The fraction of sp³-hybridized carbons (Fsp3) is 0.111. The van der Waals surface area contributed by atoms with Crippen molar-refractivity contribution in [3.8, 4) is 11.1 Å². The lowest BCUT2D eigenvalue weighted by Crippen LogP contribution is -2.25. The average molecular weight is 308 g/mol. The summed E-state index contributed by atoms with van der Waals surface area (Å²) in [6.07, 6.45) is 3.35. The summed E-state index contributed by atoms with van der Waals surface area (Å²) in [6, 6.07) is 18.4. The summed E-state index contributed by atoms with van der Waals surface area (Å²) in [4.78, 5) is 16.0. The lowest BCUT2D eigenvalue weighted by Gasteiger charge is -2.02. The van der Waals surface area contributed by atoms with Gasteiger partial charge in [-0.25, -0.2) is 0 Å². The number of amidine groups is 1. The van der Waals surface area contributed by atoms with Gasteiger partial charge in [0.2, 0.25) is 5.91 Å². The maximum absolute atomic E-state index is 11.8. The van der Waals surface area contributed by atoms with E-state index in [1.165, 1.54) is 11.1 Å². The van der Waals surface area contributed by atoms with E-state index in [1.807, 2.05) is 36.4 Å². The van der Waals surface area contributed by atoms with Gasteiger partial charge in [0.05, 0.1) is 6.54 Å². The van der Waals surface area contributed by atoms with Gasteiger partial charge in [0.1, 0.15) is 0 Å². The van der Waals surface area contributed by atoms with Crippen LogP contribution in [0.2, 0.25) is 0 Å². The molecule has 3 nitrogen and oxygen atoms in total. The first kappa shape index (κ1) is 14.6. The molecule has 0 aliphatic carbocycles. The molecule has 1 heterocycles. The molecule has 0 fully saturated rings. The maximum atomic E-state index is 11.8. The van der Waals surface area contributed by atoms with Gasteiger partial charge >= 0.3 is 0 Å². The van der Waals surface area contributed by atoms with Crippen LogP contribution in [0.3, 0.4) is 0 Å². The predicted octanol–water partition coefficient (Wildman–Crippen LogP) is 3.59. The first-order valence-corrected chi connectivity index (χ1v) is 8.12. The van der Waals surface area contributed by atoms with E-state index in [-0.39, 0.29) is 5.91 Å². The highest BCUT2D eigenvalue weighted by Gasteiger charge is 2.08. The monoisotopic (exact) mass is 308 g/mol. The van der Waals surface area contributed by atoms with Crippen LogP contribution in [0.4, 0.5) is 0 Å². The van der Waals surface area contributed by atoms with Crippen molar-refractivity contribution >= 4 is 28.9 Å². The molecule has 1 N–H and O–H groups in total. The van der Waals surface area contributed by atoms with Gasteiger partial charge in [0.15, 0.2) is 5.17 Å². The van der Waals surface area contributed by atoms with Crippen LogP contribution in [0.25, 0.3) is 17.2 Å². The molecule has 110 valence electrons. The van der Waals surface area contributed by atoms with Crippen molar-refractivity contribution in [2.45, 2.75) is 0 Å². The number of benzene rings is 2. The van der Waals surface area contributed by atoms with Gasteiger partial charge in [-0.1, -0.05) is 66.4 Å². The Kier molecular flexibility index (Phi) is 4.71. The molecule has 0 saturated heterocycles. The van der Waals surface area contributed by atoms with Crippen LogP contribution in [0.5, 0.6) is 0 Å². The molecule has 2 aromatic rings. The minimum Gasteiger partial charge on any atom is -0.302 e. The molecule has 0 unspecified atom stereocenters. The van der Waals surface area contributed by atoms with E-state index in [0.29, 0.717) is 5.17 Å². The van der Waals surface area contributed by atoms with E-state index >= 15 is 0 Å². The number of hydrogen-bond acceptors (Lipinski definition) is 3. The summed E-state index contributed by atoms with van der Waals surface area (Å²) in [5.74, 6) is 0.806. The summed E-state index contributed by atoms with van der Waals surface area (Å²) in [5.41, 5.74) is 3.35. The highest BCUT2D eigenvalue weighted by Crippen LogP contribution is 2.19. The van der Waals surface area contributed by atoms with Crippen LogP contribution in [0.15, 0.2) is 65.7 Å². The third-order valence-corrected chi connectivity index (χ3v) is 4.15. The summed E-state index contributed by atoms with van der Waals surface area (Å²) < 4.78 is 0. The zero-order valence-corrected chi connectivity index (χ0v) is 12.8. The Labute approximate surface area is 134 Å². The van der Waals surface area contributed by atoms with Gasteiger partial charge in [-0.2, -0.15) is 0 Å². The second-order valence-electron chi connectivity index (χ2n) is 4.85. The molecule has 0 aromatic heterocycles. The molecular formula is C18H16N2OS. The van der Waals surface area contributed by atoms with Gasteiger partial charge in [-0.05, 0) is 22.8 Å². The van der Waals surface area contributed by atoms with Gasteiger partial charge in [0, 0.05) is 11.8 Å². The largest absolute Gasteiger partial charge is 0.302 e. The Morgan fingerprint density at radius 3 is 2.45 bits per heavy atom. The van der Waals surface area contributed by atoms with Gasteiger partial charge in [0.25, 0.3) is 0 Å². The summed E-state index contributed by atoms with van der Waals surface area (Å²) in [7, 11) is 0. The van der Waals surface area contributed by atoms with Crippen LogP contribution in [-0.2, 0) is 4.79 Å². The van der Waals surface area contributed by atoms with Crippen LogP contribution in [0.1, 0.15) is 5.56 Å². The van der Waals surface area contributed by atoms with Gasteiger partial charge in [-0.3, -0.25) is 9.79 Å². The number of thioether (sulfide) groups is 1. The molecule has 1 amide bonds. The SMILES string of the molecule is O=C(/C=C/c1ccc(-c2ccccc2)cc1)NC1=NCCS1. The fourth-order valence-electron chi connectivity index (χ4n) is 2.15. The Balaban J connectivity index is 1.63. The second-order valence-corrected chi connectivity index (χ2v) is 5.93. The third kappa shape index (κ3) is 3.86. The first-order chi connectivity index (χ1) is 10.8. The third-order valence-electron chi connectivity index (χ3n) is 3.26. The smallest absolute Gasteiger partial charge is 0.249 e. The molecule has 4 heteroatoms. The van der Waals surface area contributed by atoms with Crippen molar-refractivity contribution in [2.24, 2.45) is 4.99 Å². The molecule has 0 atom stereocenters. The van der Waals surface area contributed by atoms with E-state index in [0.717, 1.165) is 17.9 Å². The summed E-state index contributed by atoms with van der Waals surface area (Å²) in [6.45, 7) is 0.783. The summed E-state index contributed by atoms with van der Waals surface area (Å²) >= 11 is 1.58. The number of nitrogens with one attached hydrogen (secondary N) is 1. The van der Waals surface area contributed by atoms with Crippen LogP contribution >= 0.6 is 11.8 Å². The van der Waals surface area contributed by atoms with Gasteiger partial charge < -0.3 is 5.32 Å². The van der Waals surface area contributed by atoms with Crippen molar-refractivity contribution in [1.29, 1.82) is 0 Å². The highest BCUT2D eigenvalue weighted by atomic mass is 32.2. The Morgan fingerprint density at radius 1 is 1.05 bits per heavy atom. The molecule has 3 rings (SSSR count). The molecule has 0 spiro atoms. The van der Waals surface area contributed by atoms with E-state index < -0.39 is 0 Å². The van der Waals surface area contributed by atoms with Crippen LogP contribution in [0, 0.1) is 0 Å². The number of carbonyl (C=O) groups excluding carboxylic acids is 1. The lowest BCUT2D eigenvalue weighted by atomic mass is 10.0. The Bertz CT molecular complexity index is 706. The fourth-order valence-corrected chi connectivity index (χ4v) is 2.88. The highest BCUT2D eigenvalue weighted by molar-refractivity contribution is 8.14. The van der Waals surface area contributed by atoms with Crippen molar-refractivity contribution in [3.05, 3.63) is 66.2 Å². The van der Waals surface area contributed by atoms with Crippen LogP contribution in [-0.4, -0.2) is 23.4 Å². The van der Waals surface area contributed by atoms with Crippen molar-refractivity contribution in [3.63, 3.8) is 0 Å². The van der Waals surface area contributed by atoms with Crippen molar-refractivity contribution in [2.75, 3.05) is 12.3 Å². The normalized spacial score (nSPS) is 14.1. The van der Waals surface area contributed by atoms with E-state index in [9.17, 15) is 4.79 Å². The molecule has 22 heavy (non-hydrogen) atoms. The number of aliphatic imine (C=N–C) groups is 1. The number of hydrogen-bond donors (Lipinski definition) is 1. The maximum Gasteiger partial charge on any atom is 0.249 e. The predicted molar refractivity (Wildman–Crippen MR) is 93.8 cm³/mol. The molecule has 0 radical (unpaired) electrons. The number of rotatable bonds is 3. The van der Waals surface area contributed by atoms with E-state index in [1.54, 1.807) is 17.8 Å². The number of carbonyl (C=O) groups is 1. The molecule has 1 aliphatic heterocycles. The molecule has 1 aliphatic rings. The van der Waals surface area contributed by atoms with E-state index in [4.69, 9.17) is 0 Å². The molecule has 0 saturated carbocycles. The molecular weight excluding hydrogens is 292 g/mol. The zero-order valence-electron chi connectivity index (χ0n) is 12.0. The first-order valence-electron chi connectivity index (χ1n) is 7.13. The standard InChI is InChI=1S/C18H16N2OS/c21-17(20-18-19-12-13-22-18)11-8-14-6-9-16(10-7-14)15-4-2-1-3-5-15/h1-11H,12-13H2,(H,19,20,21)/b11-8+. The zero-order chi connectivity index (χ0) is 15.2. The molecule has 0 bridgehead atoms. The second kappa shape index (κ2) is 7.09. The Morgan fingerprint density at radius 2 is 1.77 bits per heavy atom. The topological polar surface area (TPSA) is 41.5 Å². The quantitative estimate of drug-likeness (QED) is 0.881. The number of amides is 1. The minimum atomic E-state index is -0.139. The van der Waals surface area contributed by atoms with E-state index in [2.05, 4.69) is 34.6 Å². The Hall–Kier alpha value is -2.33. The lowest BCUT2D eigenvalue weighted by molar-refractivity contribution is -0.115. The number of nitrogens with zero attached hydrogens (tertiary/aromatic N) is 1. The van der Waals surface area contributed by atoms with Crippen molar-refractivity contribution < 1.29 is 4.79 Å². The molecule has 2 aromatic carbocycles. The average Bonchev–Trinajstić information content (AvgIpc) is 3.07. The minimum absolute atomic E-state index is 0.139.